The van der Waals surface area contributed by atoms with Gasteiger partial charge < -0.3 is 10.8 Å². The summed E-state index contributed by atoms with van der Waals surface area (Å²) >= 11 is 1.85. The fraction of sp³-hybridized carbons (Fsp3) is 0.417. The number of nitrogens with two attached hydrogens (primary N) is 1. The molecule has 1 aromatic rings. The third-order valence-electron chi connectivity index (χ3n) is 2.82. The van der Waals surface area contributed by atoms with Crippen LogP contribution in [0.2, 0.25) is 0 Å². The maximum Gasteiger partial charge on any atom is 0.320 e. The van der Waals surface area contributed by atoms with E-state index in [4.69, 9.17) is 10.8 Å². The predicted octanol–water partition coefficient (Wildman–Crippen LogP) is 1.68. The summed E-state index contributed by atoms with van der Waals surface area (Å²) in [6.45, 7) is 0. The summed E-state index contributed by atoms with van der Waals surface area (Å²) < 4.78 is 0. The summed E-state index contributed by atoms with van der Waals surface area (Å²) in [4.78, 5) is 12.0. The first-order valence-corrected chi connectivity index (χ1v) is 6.39. The van der Waals surface area contributed by atoms with Crippen molar-refractivity contribution in [2.75, 3.05) is 5.75 Å². The van der Waals surface area contributed by atoms with Crippen LogP contribution in [-0.4, -0.2) is 22.9 Å². The van der Waals surface area contributed by atoms with Crippen molar-refractivity contribution in [2.45, 2.75) is 30.2 Å². The van der Waals surface area contributed by atoms with Crippen LogP contribution >= 0.6 is 11.8 Å². The van der Waals surface area contributed by atoms with Gasteiger partial charge in [0, 0.05) is 4.90 Å². The summed E-state index contributed by atoms with van der Waals surface area (Å²) in [6.07, 6.45) is 2.64. The molecule has 1 aromatic carbocycles. The third-order valence-corrected chi connectivity index (χ3v) is 4.00. The molecule has 1 heterocycles. The van der Waals surface area contributed by atoms with Crippen LogP contribution in [0.4, 0.5) is 0 Å². The maximum atomic E-state index is 10.7. The quantitative estimate of drug-likeness (QED) is 0.839. The molecule has 3 N–H and O–H groups in total. The molecule has 2 rings (SSSR count). The monoisotopic (exact) mass is 237 g/mol. The van der Waals surface area contributed by atoms with Crippen LogP contribution in [0.25, 0.3) is 0 Å². The van der Waals surface area contributed by atoms with E-state index >= 15 is 0 Å². The van der Waals surface area contributed by atoms with E-state index in [1.54, 1.807) is 0 Å². The van der Waals surface area contributed by atoms with Gasteiger partial charge in [-0.2, -0.15) is 0 Å². The van der Waals surface area contributed by atoms with Crippen molar-refractivity contribution in [3.05, 3.63) is 29.3 Å². The van der Waals surface area contributed by atoms with Gasteiger partial charge in [0.1, 0.15) is 6.04 Å². The van der Waals surface area contributed by atoms with E-state index in [1.165, 1.54) is 10.5 Å². The van der Waals surface area contributed by atoms with Crippen molar-refractivity contribution >= 4 is 17.7 Å². The van der Waals surface area contributed by atoms with Gasteiger partial charge in [0.15, 0.2) is 0 Å². The Bertz CT molecular complexity index is 406. The van der Waals surface area contributed by atoms with E-state index in [0.29, 0.717) is 6.42 Å². The summed E-state index contributed by atoms with van der Waals surface area (Å²) in [5.41, 5.74) is 7.97. The SMILES string of the molecule is NC(Cc1cccc2c1CCCS2)C(=O)O. The van der Waals surface area contributed by atoms with Gasteiger partial charge in [0.25, 0.3) is 0 Å². The first kappa shape index (κ1) is 11.5. The number of carboxylic acid groups (broad SMARTS) is 1. The molecule has 0 saturated carbocycles. The first-order valence-electron chi connectivity index (χ1n) is 5.40. The van der Waals surface area contributed by atoms with Gasteiger partial charge in [0.2, 0.25) is 0 Å². The molecular formula is C12H15NO2S. The summed E-state index contributed by atoms with van der Waals surface area (Å²) in [5, 5.41) is 8.82. The largest absolute Gasteiger partial charge is 0.480 e. The van der Waals surface area contributed by atoms with Crippen LogP contribution in [0.15, 0.2) is 23.1 Å². The third kappa shape index (κ3) is 2.39. The molecule has 0 amide bonds. The summed E-state index contributed by atoms with van der Waals surface area (Å²) in [5.74, 6) is 0.225. The molecule has 1 aliphatic heterocycles. The molecule has 3 nitrogen and oxygen atoms in total. The highest BCUT2D eigenvalue weighted by atomic mass is 32.2. The second-order valence-corrected chi connectivity index (χ2v) is 5.13. The Morgan fingerprint density at radius 1 is 1.56 bits per heavy atom. The zero-order valence-electron chi connectivity index (χ0n) is 8.98. The van der Waals surface area contributed by atoms with Gasteiger partial charge >= 0.3 is 5.97 Å². The topological polar surface area (TPSA) is 63.3 Å². The smallest absolute Gasteiger partial charge is 0.320 e. The van der Waals surface area contributed by atoms with Crippen LogP contribution in [-0.2, 0) is 17.6 Å². The van der Waals surface area contributed by atoms with Crippen molar-refractivity contribution in [3.8, 4) is 0 Å². The molecule has 1 unspecified atom stereocenters. The van der Waals surface area contributed by atoms with Gasteiger partial charge in [-0.25, -0.2) is 0 Å². The number of carboxylic acids is 1. The van der Waals surface area contributed by atoms with Crippen molar-refractivity contribution in [3.63, 3.8) is 0 Å². The number of fused-ring (bicyclic) bond motifs is 1. The van der Waals surface area contributed by atoms with Crippen LogP contribution in [0.1, 0.15) is 17.5 Å². The molecule has 0 bridgehead atoms. The van der Waals surface area contributed by atoms with Crippen LogP contribution in [0.3, 0.4) is 0 Å². The highest BCUT2D eigenvalue weighted by molar-refractivity contribution is 7.99. The zero-order chi connectivity index (χ0) is 11.5. The molecule has 0 fully saturated rings. The van der Waals surface area contributed by atoms with Gasteiger partial charge in [-0.05, 0) is 42.2 Å². The number of benzene rings is 1. The van der Waals surface area contributed by atoms with Crippen molar-refractivity contribution < 1.29 is 9.90 Å². The molecule has 0 aromatic heterocycles. The number of rotatable bonds is 3. The van der Waals surface area contributed by atoms with E-state index in [9.17, 15) is 4.79 Å². The Morgan fingerprint density at radius 3 is 3.12 bits per heavy atom. The second kappa shape index (κ2) is 4.89. The number of hydrogen-bond donors (Lipinski definition) is 2. The van der Waals surface area contributed by atoms with E-state index in [0.717, 1.165) is 24.2 Å². The molecule has 1 aliphatic rings. The van der Waals surface area contributed by atoms with Crippen LogP contribution in [0.5, 0.6) is 0 Å². The van der Waals surface area contributed by atoms with Gasteiger partial charge in [-0.1, -0.05) is 12.1 Å². The van der Waals surface area contributed by atoms with E-state index in [-0.39, 0.29) is 0 Å². The molecule has 0 spiro atoms. The van der Waals surface area contributed by atoms with Crippen molar-refractivity contribution in [1.29, 1.82) is 0 Å². The minimum absolute atomic E-state index is 0.430. The number of thioether (sulfide) groups is 1. The molecule has 86 valence electrons. The van der Waals surface area contributed by atoms with E-state index < -0.39 is 12.0 Å². The lowest BCUT2D eigenvalue weighted by molar-refractivity contribution is -0.138. The van der Waals surface area contributed by atoms with Crippen molar-refractivity contribution in [2.24, 2.45) is 5.73 Å². The Hall–Kier alpha value is -1.00. The number of aliphatic carboxylic acids is 1. The van der Waals surface area contributed by atoms with Crippen molar-refractivity contribution in [1.82, 2.24) is 0 Å². The minimum Gasteiger partial charge on any atom is -0.480 e. The van der Waals surface area contributed by atoms with Gasteiger partial charge in [-0.15, -0.1) is 11.8 Å². The maximum absolute atomic E-state index is 10.7. The lowest BCUT2D eigenvalue weighted by atomic mass is 9.97. The van der Waals surface area contributed by atoms with E-state index in [1.807, 2.05) is 23.9 Å². The fourth-order valence-corrected chi connectivity index (χ4v) is 3.07. The Morgan fingerprint density at radius 2 is 2.38 bits per heavy atom. The van der Waals surface area contributed by atoms with Crippen LogP contribution < -0.4 is 5.73 Å². The average Bonchev–Trinajstić information content (AvgIpc) is 2.29. The molecule has 4 heteroatoms. The lowest BCUT2D eigenvalue weighted by Gasteiger charge is -2.19. The number of hydrogen-bond acceptors (Lipinski definition) is 3. The normalized spacial score (nSPS) is 16.6. The molecule has 16 heavy (non-hydrogen) atoms. The van der Waals surface area contributed by atoms with Gasteiger partial charge in [-0.3, -0.25) is 4.79 Å². The zero-order valence-corrected chi connectivity index (χ0v) is 9.80. The predicted molar refractivity (Wildman–Crippen MR) is 64.8 cm³/mol. The summed E-state index contributed by atoms with van der Waals surface area (Å²) in [7, 11) is 0. The highest BCUT2D eigenvalue weighted by Crippen LogP contribution is 2.32. The summed E-state index contributed by atoms with van der Waals surface area (Å²) in [6, 6.07) is 5.29. The minimum atomic E-state index is -0.930. The second-order valence-electron chi connectivity index (χ2n) is 3.99. The Balaban J connectivity index is 2.24. The van der Waals surface area contributed by atoms with E-state index in [2.05, 4.69) is 6.07 Å². The Labute approximate surface area is 99.0 Å². The Kier molecular flexibility index (Phi) is 3.51. The molecule has 0 saturated heterocycles. The standard InChI is InChI=1S/C12H15NO2S/c13-10(12(14)15)7-8-3-1-5-11-9(8)4-2-6-16-11/h1,3,5,10H,2,4,6-7,13H2,(H,14,15). The fourth-order valence-electron chi connectivity index (χ4n) is 1.98. The van der Waals surface area contributed by atoms with Crippen LogP contribution in [0, 0.1) is 0 Å². The molecule has 0 radical (unpaired) electrons. The number of carbonyl (C=O) groups is 1. The first-order chi connectivity index (χ1) is 7.68. The average molecular weight is 237 g/mol. The molecule has 1 atom stereocenters. The highest BCUT2D eigenvalue weighted by Gasteiger charge is 2.18. The molecular weight excluding hydrogens is 222 g/mol. The lowest BCUT2D eigenvalue weighted by Crippen LogP contribution is -2.32. The van der Waals surface area contributed by atoms with Gasteiger partial charge in [0.05, 0.1) is 0 Å². The molecule has 0 aliphatic carbocycles.